The minimum Gasteiger partial charge on any atom is -0.508 e. The first-order chi connectivity index (χ1) is 8.01. The van der Waals surface area contributed by atoms with Crippen LogP contribution < -0.4 is 5.73 Å². The van der Waals surface area contributed by atoms with Gasteiger partial charge >= 0.3 is 0 Å². The Kier molecular flexibility index (Phi) is 5.18. The first kappa shape index (κ1) is 14.2. The van der Waals surface area contributed by atoms with E-state index in [4.69, 9.17) is 29.6 Å². The van der Waals surface area contributed by atoms with Crippen LogP contribution in [0.2, 0.25) is 5.02 Å². The standard InChI is InChI=1S/C12H17ClN2OS/c1-3-15(4-2)11(12(14)17)9-7-8(13)5-6-10(9)16/h5-7,11,16H,3-4H2,1-2H3,(H2,14,17). The van der Waals surface area contributed by atoms with E-state index in [-0.39, 0.29) is 11.8 Å². The van der Waals surface area contributed by atoms with Crippen LogP contribution in [-0.2, 0) is 0 Å². The van der Waals surface area contributed by atoms with E-state index in [0.29, 0.717) is 15.6 Å². The number of nitrogens with two attached hydrogens (primary N) is 1. The zero-order chi connectivity index (χ0) is 13.0. The lowest BCUT2D eigenvalue weighted by Crippen LogP contribution is -2.36. The van der Waals surface area contributed by atoms with E-state index in [1.165, 1.54) is 0 Å². The molecule has 1 rings (SSSR count). The Morgan fingerprint density at radius 2 is 2.06 bits per heavy atom. The fraction of sp³-hybridized carbons (Fsp3) is 0.417. The van der Waals surface area contributed by atoms with Gasteiger partial charge in [0, 0.05) is 10.6 Å². The molecule has 3 N–H and O–H groups in total. The average molecular weight is 273 g/mol. The van der Waals surface area contributed by atoms with E-state index in [0.717, 1.165) is 13.1 Å². The van der Waals surface area contributed by atoms with E-state index >= 15 is 0 Å². The van der Waals surface area contributed by atoms with Crippen molar-refractivity contribution in [2.24, 2.45) is 5.73 Å². The third-order valence-electron chi connectivity index (χ3n) is 2.73. The number of thiocarbonyl (C=S) groups is 1. The zero-order valence-electron chi connectivity index (χ0n) is 9.98. The molecule has 0 saturated carbocycles. The van der Waals surface area contributed by atoms with Gasteiger partial charge < -0.3 is 10.8 Å². The third kappa shape index (κ3) is 3.31. The summed E-state index contributed by atoms with van der Waals surface area (Å²) in [5.74, 6) is 0.166. The lowest BCUT2D eigenvalue weighted by Gasteiger charge is -2.29. The van der Waals surface area contributed by atoms with Crippen LogP contribution in [0, 0.1) is 0 Å². The number of phenolic OH excluding ortho intramolecular Hbond substituents is 1. The van der Waals surface area contributed by atoms with Gasteiger partial charge in [0.05, 0.1) is 11.0 Å². The minimum atomic E-state index is -0.279. The van der Waals surface area contributed by atoms with E-state index < -0.39 is 0 Å². The molecule has 94 valence electrons. The molecule has 0 aliphatic heterocycles. The molecule has 0 aliphatic rings. The molecule has 5 heteroatoms. The molecule has 0 fully saturated rings. The van der Waals surface area contributed by atoms with Gasteiger partial charge in [-0.25, -0.2) is 0 Å². The van der Waals surface area contributed by atoms with Gasteiger partial charge in [-0.1, -0.05) is 37.7 Å². The first-order valence-corrected chi connectivity index (χ1v) is 6.31. The molecule has 17 heavy (non-hydrogen) atoms. The van der Waals surface area contributed by atoms with Crippen molar-refractivity contribution in [2.45, 2.75) is 19.9 Å². The Morgan fingerprint density at radius 3 is 2.53 bits per heavy atom. The second kappa shape index (κ2) is 6.19. The van der Waals surface area contributed by atoms with Gasteiger partial charge in [-0.3, -0.25) is 4.90 Å². The lowest BCUT2D eigenvalue weighted by molar-refractivity contribution is 0.267. The van der Waals surface area contributed by atoms with Crippen molar-refractivity contribution in [2.75, 3.05) is 13.1 Å². The number of hydrogen-bond donors (Lipinski definition) is 2. The number of halogens is 1. The molecule has 0 aromatic heterocycles. The summed E-state index contributed by atoms with van der Waals surface area (Å²) in [4.78, 5) is 2.42. The predicted octanol–water partition coefficient (Wildman–Crippen LogP) is 2.71. The van der Waals surface area contributed by atoms with E-state index in [1.54, 1.807) is 18.2 Å². The largest absolute Gasteiger partial charge is 0.508 e. The normalized spacial score (nSPS) is 12.7. The van der Waals surface area contributed by atoms with Crippen LogP contribution in [0.25, 0.3) is 0 Å². The minimum absolute atomic E-state index is 0.166. The van der Waals surface area contributed by atoms with Crippen molar-refractivity contribution < 1.29 is 5.11 Å². The Balaban J connectivity index is 3.22. The highest BCUT2D eigenvalue weighted by molar-refractivity contribution is 7.80. The number of phenols is 1. The van der Waals surface area contributed by atoms with Crippen LogP contribution in [-0.4, -0.2) is 28.1 Å². The SMILES string of the molecule is CCN(CC)C(C(N)=S)c1cc(Cl)ccc1O. The fourth-order valence-corrected chi connectivity index (χ4v) is 2.32. The van der Waals surface area contributed by atoms with Gasteiger partial charge in [0.1, 0.15) is 5.75 Å². The highest BCUT2D eigenvalue weighted by atomic mass is 35.5. The van der Waals surface area contributed by atoms with Gasteiger partial charge in [-0.05, 0) is 31.3 Å². The molecule has 0 heterocycles. The Bertz CT molecular complexity index is 407. The average Bonchev–Trinajstić information content (AvgIpc) is 2.29. The summed E-state index contributed by atoms with van der Waals surface area (Å²) >= 11 is 11.0. The molecule has 0 aliphatic carbocycles. The molecule has 0 bridgehead atoms. The highest BCUT2D eigenvalue weighted by Crippen LogP contribution is 2.31. The Hall–Kier alpha value is -0.840. The van der Waals surface area contributed by atoms with Crippen LogP contribution in [0.1, 0.15) is 25.5 Å². The van der Waals surface area contributed by atoms with Crippen LogP contribution >= 0.6 is 23.8 Å². The van der Waals surface area contributed by atoms with Crippen molar-refractivity contribution in [1.82, 2.24) is 4.90 Å². The molecule has 0 spiro atoms. The number of hydrogen-bond acceptors (Lipinski definition) is 3. The molecular weight excluding hydrogens is 256 g/mol. The Labute approximate surface area is 112 Å². The number of likely N-dealkylation sites (N-methyl/N-ethyl adjacent to an activating group) is 1. The second-order valence-electron chi connectivity index (χ2n) is 3.73. The summed E-state index contributed by atoms with van der Waals surface area (Å²) in [6.07, 6.45) is 0. The van der Waals surface area contributed by atoms with Crippen LogP contribution in [0.3, 0.4) is 0 Å². The van der Waals surface area contributed by atoms with Crippen LogP contribution in [0.5, 0.6) is 5.75 Å². The second-order valence-corrected chi connectivity index (χ2v) is 4.64. The predicted molar refractivity (Wildman–Crippen MR) is 75.6 cm³/mol. The van der Waals surface area contributed by atoms with Crippen LogP contribution in [0.4, 0.5) is 0 Å². The number of aromatic hydroxyl groups is 1. The Morgan fingerprint density at radius 1 is 1.47 bits per heavy atom. The summed E-state index contributed by atoms with van der Waals surface area (Å²) in [5, 5.41) is 10.5. The molecule has 1 atom stereocenters. The summed E-state index contributed by atoms with van der Waals surface area (Å²) in [7, 11) is 0. The van der Waals surface area contributed by atoms with E-state index in [2.05, 4.69) is 4.90 Å². The summed E-state index contributed by atoms with van der Waals surface area (Å²) < 4.78 is 0. The van der Waals surface area contributed by atoms with E-state index in [9.17, 15) is 5.11 Å². The number of nitrogens with zero attached hydrogens (tertiary/aromatic N) is 1. The summed E-state index contributed by atoms with van der Waals surface area (Å²) in [5.41, 5.74) is 6.44. The van der Waals surface area contributed by atoms with Gasteiger partial charge in [0.15, 0.2) is 0 Å². The molecule has 1 unspecified atom stereocenters. The first-order valence-electron chi connectivity index (χ1n) is 5.53. The van der Waals surface area contributed by atoms with Crippen molar-refractivity contribution in [3.8, 4) is 5.75 Å². The maximum atomic E-state index is 9.89. The number of benzene rings is 1. The highest BCUT2D eigenvalue weighted by Gasteiger charge is 2.23. The molecule has 1 aromatic carbocycles. The molecule has 0 radical (unpaired) electrons. The van der Waals surface area contributed by atoms with Crippen molar-refractivity contribution in [3.05, 3.63) is 28.8 Å². The topological polar surface area (TPSA) is 49.5 Å². The van der Waals surface area contributed by atoms with Gasteiger partial charge in [-0.2, -0.15) is 0 Å². The number of rotatable bonds is 5. The maximum absolute atomic E-state index is 9.89. The van der Waals surface area contributed by atoms with Gasteiger partial charge in [-0.15, -0.1) is 0 Å². The van der Waals surface area contributed by atoms with Crippen LogP contribution in [0.15, 0.2) is 18.2 Å². The molecule has 0 amide bonds. The maximum Gasteiger partial charge on any atom is 0.120 e. The van der Waals surface area contributed by atoms with E-state index in [1.807, 2.05) is 13.8 Å². The smallest absolute Gasteiger partial charge is 0.120 e. The van der Waals surface area contributed by atoms with Crippen molar-refractivity contribution >= 4 is 28.8 Å². The molecule has 0 saturated heterocycles. The van der Waals surface area contributed by atoms with Gasteiger partial charge in [0.25, 0.3) is 0 Å². The molecule has 1 aromatic rings. The fourth-order valence-electron chi connectivity index (χ4n) is 1.86. The monoisotopic (exact) mass is 272 g/mol. The zero-order valence-corrected chi connectivity index (χ0v) is 11.6. The van der Waals surface area contributed by atoms with Crippen molar-refractivity contribution in [1.29, 1.82) is 0 Å². The summed E-state index contributed by atoms with van der Waals surface area (Å²) in [6.45, 7) is 5.64. The third-order valence-corrected chi connectivity index (χ3v) is 3.19. The lowest BCUT2D eigenvalue weighted by atomic mass is 10.0. The van der Waals surface area contributed by atoms with Gasteiger partial charge in [0.2, 0.25) is 0 Å². The van der Waals surface area contributed by atoms with Crippen molar-refractivity contribution in [3.63, 3.8) is 0 Å². The summed E-state index contributed by atoms with van der Waals surface area (Å²) in [6, 6.07) is 4.63. The quantitative estimate of drug-likeness (QED) is 0.810. The molecule has 3 nitrogen and oxygen atoms in total. The molecular formula is C12H17ClN2OS.